The molecule has 0 saturated carbocycles. The summed E-state index contributed by atoms with van der Waals surface area (Å²) in [6.45, 7) is 2.03. The summed E-state index contributed by atoms with van der Waals surface area (Å²) in [4.78, 5) is 11.2. The highest BCUT2D eigenvalue weighted by Crippen LogP contribution is 2.01. The lowest BCUT2D eigenvalue weighted by molar-refractivity contribution is -0.145. The first-order chi connectivity index (χ1) is 7.24. The minimum Gasteiger partial charge on any atom is -0.465 e. The molecule has 80 valence electrons. The Kier molecular flexibility index (Phi) is 4.54. The van der Waals surface area contributed by atoms with E-state index in [1.165, 1.54) is 0 Å². The van der Waals surface area contributed by atoms with Gasteiger partial charge in [-0.3, -0.25) is 4.79 Å². The summed E-state index contributed by atoms with van der Waals surface area (Å²) in [6.07, 6.45) is 1.81. The molecule has 15 heavy (non-hydrogen) atoms. The van der Waals surface area contributed by atoms with Gasteiger partial charge in [0.25, 0.3) is 0 Å². The maximum absolute atomic E-state index is 11.2. The predicted octanol–water partition coefficient (Wildman–Crippen LogP) is 2.06. The van der Waals surface area contributed by atoms with Crippen LogP contribution in [-0.2, 0) is 16.0 Å². The van der Waals surface area contributed by atoms with E-state index >= 15 is 0 Å². The Morgan fingerprint density at radius 1 is 1.47 bits per heavy atom. The lowest BCUT2D eigenvalue weighted by Gasteiger charge is -2.06. The maximum atomic E-state index is 11.2. The first-order valence-electron chi connectivity index (χ1n) is 4.95. The number of esters is 1. The molecule has 0 heterocycles. The number of rotatable bonds is 5. The Labute approximate surface area is 89.6 Å². The van der Waals surface area contributed by atoms with Gasteiger partial charge in [0.1, 0.15) is 0 Å². The van der Waals surface area contributed by atoms with Crippen molar-refractivity contribution in [2.75, 3.05) is 6.61 Å². The van der Waals surface area contributed by atoms with E-state index in [1.54, 1.807) is 6.92 Å². The van der Waals surface area contributed by atoms with Gasteiger partial charge in [-0.25, -0.2) is 0 Å². The van der Waals surface area contributed by atoms with Crippen molar-refractivity contribution in [2.45, 2.75) is 13.3 Å². The molecule has 0 amide bonds. The molecule has 1 rings (SSSR count). The Morgan fingerprint density at radius 2 is 2.13 bits per heavy atom. The third kappa shape index (κ3) is 3.94. The highest BCUT2D eigenvalue weighted by Gasteiger charge is 2.10. The molecule has 1 unspecified atom stereocenters. The molecule has 3 nitrogen and oxygen atoms in total. The molecule has 1 N–H and O–H groups in total. The number of nitrogens with one attached hydrogen (secondary N) is 1. The quantitative estimate of drug-likeness (QED) is 0.591. The van der Waals surface area contributed by atoms with Gasteiger partial charge >= 0.3 is 5.97 Å². The number of carbonyl (C=O) groups excluding carboxylic acids is 1. The van der Waals surface area contributed by atoms with Crippen LogP contribution < -0.4 is 0 Å². The van der Waals surface area contributed by atoms with Gasteiger partial charge in [-0.2, -0.15) is 0 Å². The van der Waals surface area contributed by atoms with Crippen LogP contribution in [0.2, 0.25) is 0 Å². The number of hydrogen-bond donors (Lipinski definition) is 1. The number of hydrogen-bond acceptors (Lipinski definition) is 3. The molecule has 3 heteroatoms. The van der Waals surface area contributed by atoms with Crippen LogP contribution in [0, 0.1) is 11.3 Å². The van der Waals surface area contributed by atoms with Crippen LogP contribution in [0.15, 0.2) is 30.3 Å². The van der Waals surface area contributed by atoms with Gasteiger partial charge in [-0.05, 0) is 12.5 Å². The molecule has 0 saturated heterocycles. The van der Waals surface area contributed by atoms with E-state index in [2.05, 4.69) is 0 Å². The Morgan fingerprint density at radius 3 is 2.73 bits per heavy atom. The smallest absolute Gasteiger partial charge is 0.314 e. The van der Waals surface area contributed by atoms with Crippen LogP contribution in [0.25, 0.3) is 0 Å². The molecule has 0 spiro atoms. The van der Waals surface area contributed by atoms with Crippen LogP contribution in [0.3, 0.4) is 0 Å². The molecule has 0 fully saturated rings. The van der Waals surface area contributed by atoms with E-state index in [0.717, 1.165) is 18.2 Å². The predicted molar refractivity (Wildman–Crippen MR) is 59.1 cm³/mol. The van der Waals surface area contributed by atoms with E-state index < -0.39 is 5.92 Å². The Hall–Kier alpha value is -1.64. The molecule has 1 aromatic carbocycles. The van der Waals surface area contributed by atoms with Gasteiger partial charge in [-0.1, -0.05) is 30.3 Å². The van der Waals surface area contributed by atoms with Crippen LogP contribution in [0.1, 0.15) is 12.5 Å². The van der Waals surface area contributed by atoms with Crippen molar-refractivity contribution in [3.63, 3.8) is 0 Å². The fourth-order valence-electron chi connectivity index (χ4n) is 1.11. The minimum absolute atomic E-state index is 0.332. The fraction of sp³-hybridized carbons (Fsp3) is 0.333. The zero-order valence-corrected chi connectivity index (χ0v) is 8.77. The van der Waals surface area contributed by atoms with Crippen LogP contribution in [0.4, 0.5) is 0 Å². The van der Waals surface area contributed by atoms with Gasteiger partial charge in [0, 0.05) is 12.6 Å². The number of carbonyl (C=O) groups is 1. The summed E-state index contributed by atoms with van der Waals surface area (Å²) in [5, 5.41) is 6.91. The van der Waals surface area contributed by atoms with Crippen LogP contribution in [0.5, 0.6) is 0 Å². The van der Waals surface area contributed by atoms with Gasteiger partial charge in [0.15, 0.2) is 0 Å². The van der Waals surface area contributed by atoms with Crippen molar-refractivity contribution in [1.82, 2.24) is 0 Å². The van der Waals surface area contributed by atoms with Crippen molar-refractivity contribution >= 4 is 12.2 Å². The zero-order valence-electron chi connectivity index (χ0n) is 8.77. The molecule has 1 aromatic rings. The van der Waals surface area contributed by atoms with E-state index in [9.17, 15) is 4.79 Å². The van der Waals surface area contributed by atoms with E-state index in [1.807, 2.05) is 30.3 Å². The summed E-state index contributed by atoms with van der Waals surface area (Å²) >= 11 is 0. The third-order valence-corrected chi connectivity index (χ3v) is 2.10. The lowest BCUT2D eigenvalue weighted by Crippen LogP contribution is -2.16. The second-order valence-corrected chi connectivity index (χ2v) is 3.36. The number of benzene rings is 1. The average Bonchev–Trinajstić information content (AvgIpc) is 2.29. The number of ether oxygens (including phenoxy) is 1. The van der Waals surface area contributed by atoms with Gasteiger partial charge in [0.2, 0.25) is 0 Å². The molecule has 1 atom stereocenters. The Balaban J connectivity index is 2.28. The SMILES string of the molecule is CC(C=N)C(=O)OCCc1ccccc1. The highest BCUT2D eigenvalue weighted by molar-refractivity contribution is 5.88. The van der Waals surface area contributed by atoms with Crippen molar-refractivity contribution < 1.29 is 9.53 Å². The topological polar surface area (TPSA) is 50.2 Å². The second-order valence-electron chi connectivity index (χ2n) is 3.36. The van der Waals surface area contributed by atoms with Crippen LogP contribution in [-0.4, -0.2) is 18.8 Å². The third-order valence-electron chi connectivity index (χ3n) is 2.10. The van der Waals surface area contributed by atoms with Crippen molar-refractivity contribution in [3.8, 4) is 0 Å². The molecule has 0 radical (unpaired) electrons. The average molecular weight is 205 g/mol. The largest absolute Gasteiger partial charge is 0.465 e. The van der Waals surface area contributed by atoms with Crippen molar-refractivity contribution in [2.24, 2.45) is 5.92 Å². The molecular formula is C12H15NO2. The monoisotopic (exact) mass is 205 g/mol. The van der Waals surface area contributed by atoms with E-state index in [-0.39, 0.29) is 5.97 Å². The van der Waals surface area contributed by atoms with Gasteiger partial charge in [0.05, 0.1) is 12.5 Å². The first-order valence-corrected chi connectivity index (χ1v) is 4.95. The molecule has 0 bridgehead atoms. The highest BCUT2D eigenvalue weighted by atomic mass is 16.5. The molecule has 0 aliphatic heterocycles. The summed E-state index contributed by atoms with van der Waals surface area (Å²) in [5.41, 5.74) is 1.15. The van der Waals surface area contributed by atoms with Gasteiger partial charge < -0.3 is 10.1 Å². The first kappa shape index (κ1) is 11.4. The van der Waals surface area contributed by atoms with Gasteiger partial charge in [-0.15, -0.1) is 0 Å². The second kappa shape index (κ2) is 5.96. The summed E-state index contributed by atoms with van der Waals surface area (Å²) in [7, 11) is 0. The standard InChI is InChI=1S/C12H15NO2/c1-10(9-13)12(14)15-8-7-11-5-3-2-4-6-11/h2-6,9-10,13H,7-8H2,1H3. The molecule has 0 aliphatic rings. The summed E-state index contributed by atoms with van der Waals surface area (Å²) in [5.74, 6) is -0.776. The fourth-order valence-corrected chi connectivity index (χ4v) is 1.11. The summed E-state index contributed by atoms with van der Waals surface area (Å²) < 4.78 is 5.01. The lowest BCUT2D eigenvalue weighted by atomic mass is 10.2. The Bertz CT molecular complexity index is 322. The zero-order chi connectivity index (χ0) is 11.1. The van der Waals surface area contributed by atoms with E-state index in [0.29, 0.717) is 6.61 Å². The summed E-state index contributed by atoms with van der Waals surface area (Å²) in [6, 6.07) is 9.85. The maximum Gasteiger partial charge on any atom is 0.314 e. The normalized spacial score (nSPS) is 11.8. The van der Waals surface area contributed by atoms with E-state index in [4.69, 9.17) is 10.1 Å². The van der Waals surface area contributed by atoms with Crippen molar-refractivity contribution in [3.05, 3.63) is 35.9 Å². The minimum atomic E-state index is -0.444. The van der Waals surface area contributed by atoms with Crippen LogP contribution >= 0.6 is 0 Å². The molecule has 0 aromatic heterocycles. The van der Waals surface area contributed by atoms with Crippen molar-refractivity contribution in [1.29, 1.82) is 5.41 Å². The molecule has 0 aliphatic carbocycles. The molecular weight excluding hydrogens is 190 g/mol.